The smallest absolute Gasteiger partial charge is 0.335 e. The first-order chi connectivity index (χ1) is 24.1. The SMILES string of the molecule is CC1CCC(C)N1CCS(=O)(=O)NCCc1c(CCOc2ccc(C(=O)O)cc2)c2cc(Cl)ccc2n1C(c1ccccc1)c1ccccc1. The Morgan fingerprint density at radius 2 is 1.52 bits per heavy atom. The van der Waals surface area contributed by atoms with Crippen LogP contribution in [-0.2, 0) is 22.9 Å². The highest BCUT2D eigenvalue weighted by Gasteiger charge is 2.29. The molecule has 262 valence electrons. The van der Waals surface area contributed by atoms with Crippen molar-refractivity contribution < 1.29 is 23.1 Å². The van der Waals surface area contributed by atoms with Gasteiger partial charge in [0.2, 0.25) is 10.0 Å². The minimum atomic E-state index is -3.52. The van der Waals surface area contributed by atoms with E-state index in [1.54, 1.807) is 12.1 Å². The standard InChI is InChI=1S/C40H44ClN3O5S/c1-28-13-14-29(2)43(28)24-26-50(47,48)42-23-21-38-35(22-25-49-34-18-15-32(16-19-34)40(45)46)36-27-33(41)17-20-37(36)44(38)39(30-9-5-3-6-10-30)31-11-7-4-8-12-31/h3-12,15-20,27-29,39,42H,13-14,21-26H2,1-2H3,(H,45,46). The Hall–Kier alpha value is -4.15. The number of carboxylic acids is 1. The fourth-order valence-corrected chi connectivity index (χ4v) is 8.47. The Bertz CT molecular complexity index is 1970. The molecule has 0 bridgehead atoms. The zero-order valence-electron chi connectivity index (χ0n) is 28.5. The number of likely N-dealkylation sites (tertiary alicyclic amines) is 1. The summed E-state index contributed by atoms with van der Waals surface area (Å²) in [4.78, 5) is 13.6. The first-order valence-electron chi connectivity index (χ1n) is 17.2. The van der Waals surface area contributed by atoms with Gasteiger partial charge >= 0.3 is 5.97 Å². The molecule has 1 aromatic heterocycles. The van der Waals surface area contributed by atoms with E-state index >= 15 is 0 Å². The van der Waals surface area contributed by atoms with Crippen molar-refractivity contribution in [3.8, 4) is 5.75 Å². The summed E-state index contributed by atoms with van der Waals surface area (Å²) in [5, 5.41) is 10.9. The normalized spacial score (nSPS) is 16.7. The van der Waals surface area contributed by atoms with Gasteiger partial charge in [0, 0.05) is 59.6 Å². The Morgan fingerprint density at radius 1 is 0.900 bits per heavy atom. The fraction of sp³-hybridized carbons (Fsp3) is 0.325. The van der Waals surface area contributed by atoms with Crippen LogP contribution in [-0.4, -0.2) is 66.5 Å². The molecule has 2 unspecified atom stereocenters. The molecule has 0 spiro atoms. The van der Waals surface area contributed by atoms with Crippen LogP contribution in [0.4, 0.5) is 0 Å². The highest BCUT2D eigenvalue weighted by Crippen LogP contribution is 2.38. The van der Waals surface area contributed by atoms with E-state index in [0.717, 1.165) is 46.1 Å². The molecule has 2 heterocycles. The van der Waals surface area contributed by atoms with Crippen molar-refractivity contribution in [2.75, 3.05) is 25.4 Å². The van der Waals surface area contributed by atoms with E-state index in [4.69, 9.17) is 16.3 Å². The molecular weight excluding hydrogens is 670 g/mol. The third-order valence-electron chi connectivity index (χ3n) is 9.83. The molecular formula is C40H44ClN3O5S. The van der Waals surface area contributed by atoms with Crippen LogP contribution in [0.1, 0.15) is 65.5 Å². The average molecular weight is 714 g/mol. The summed E-state index contributed by atoms with van der Waals surface area (Å²) < 4.78 is 38.0. The number of carbonyl (C=O) groups is 1. The second-order valence-corrected chi connectivity index (χ2v) is 15.4. The molecule has 0 aliphatic carbocycles. The largest absolute Gasteiger partial charge is 0.493 e. The number of carboxylic acid groups (broad SMARTS) is 1. The fourth-order valence-electron chi connectivity index (χ4n) is 7.29. The van der Waals surface area contributed by atoms with Crippen LogP contribution in [0.5, 0.6) is 5.75 Å². The van der Waals surface area contributed by atoms with E-state index in [2.05, 4.69) is 52.3 Å². The second kappa shape index (κ2) is 15.8. The molecule has 1 aliphatic heterocycles. The van der Waals surface area contributed by atoms with Crippen molar-refractivity contribution in [3.05, 3.63) is 136 Å². The number of ether oxygens (including phenoxy) is 1. The number of nitrogens with zero attached hydrogens (tertiary/aromatic N) is 2. The number of sulfonamides is 1. The summed E-state index contributed by atoms with van der Waals surface area (Å²) in [6, 6.07) is 33.5. The van der Waals surface area contributed by atoms with E-state index in [1.807, 2.05) is 54.6 Å². The maximum atomic E-state index is 13.3. The number of hydrogen-bond acceptors (Lipinski definition) is 5. The molecule has 10 heteroatoms. The predicted octanol–water partition coefficient (Wildman–Crippen LogP) is 7.59. The van der Waals surface area contributed by atoms with Crippen molar-refractivity contribution >= 4 is 38.5 Å². The number of aromatic carboxylic acids is 1. The monoisotopic (exact) mass is 713 g/mol. The van der Waals surface area contributed by atoms with Crippen LogP contribution >= 0.6 is 11.6 Å². The number of fused-ring (bicyclic) bond motifs is 1. The lowest BCUT2D eigenvalue weighted by atomic mass is 9.97. The minimum absolute atomic E-state index is 0.0539. The topological polar surface area (TPSA) is 101 Å². The number of halogens is 1. The zero-order chi connectivity index (χ0) is 35.3. The lowest BCUT2D eigenvalue weighted by Gasteiger charge is -2.26. The summed E-state index contributed by atoms with van der Waals surface area (Å²) >= 11 is 6.63. The average Bonchev–Trinajstić information content (AvgIpc) is 3.59. The third-order valence-corrected chi connectivity index (χ3v) is 11.4. The highest BCUT2D eigenvalue weighted by atomic mass is 35.5. The van der Waals surface area contributed by atoms with Gasteiger partial charge in [-0.15, -0.1) is 0 Å². The molecule has 0 saturated carbocycles. The second-order valence-electron chi connectivity index (χ2n) is 13.1. The van der Waals surface area contributed by atoms with E-state index in [1.165, 1.54) is 12.1 Å². The number of benzene rings is 4. The Balaban J connectivity index is 1.36. The predicted molar refractivity (Wildman–Crippen MR) is 200 cm³/mol. The van der Waals surface area contributed by atoms with Crippen molar-refractivity contribution in [1.82, 2.24) is 14.2 Å². The van der Waals surface area contributed by atoms with Crippen molar-refractivity contribution in [3.63, 3.8) is 0 Å². The van der Waals surface area contributed by atoms with Gasteiger partial charge in [0.15, 0.2) is 0 Å². The van der Waals surface area contributed by atoms with Crippen LogP contribution in [0, 0.1) is 0 Å². The van der Waals surface area contributed by atoms with E-state index in [9.17, 15) is 18.3 Å². The molecule has 1 aliphatic rings. The highest BCUT2D eigenvalue weighted by molar-refractivity contribution is 7.89. The molecule has 4 aromatic carbocycles. The minimum Gasteiger partial charge on any atom is -0.493 e. The Morgan fingerprint density at radius 3 is 2.12 bits per heavy atom. The van der Waals surface area contributed by atoms with Crippen LogP contribution in [0.2, 0.25) is 5.02 Å². The van der Waals surface area contributed by atoms with Crippen LogP contribution in [0.3, 0.4) is 0 Å². The van der Waals surface area contributed by atoms with Gasteiger partial charge in [0.25, 0.3) is 0 Å². The molecule has 1 fully saturated rings. The molecule has 6 rings (SSSR count). The first kappa shape index (κ1) is 35.7. The van der Waals surface area contributed by atoms with Crippen molar-refractivity contribution in [1.29, 1.82) is 0 Å². The number of aromatic nitrogens is 1. The van der Waals surface area contributed by atoms with Gasteiger partial charge in [0.05, 0.1) is 24.0 Å². The van der Waals surface area contributed by atoms with Gasteiger partial charge in [0.1, 0.15) is 5.75 Å². The quantitative estimate of drug-likeness (QED) is 0.116. The van der Waals surface area contributed by atoms with Gasteiger partial charge < -0.3 is 14.4 Å². The summed E-state index contributed by atoms with van der Waals surface area (Å²) in [6.45, 7) is 5.40. The molecule has 2 atom stereocenters. The summed E-state index contributed by atoms with van der Waals surface area (Å²) in [5.41, 5.74) is 5.40. The molecule has 2 N–H and O–H groups in total. The zero-order valence-corrected chi connectivity index (χ0v) is 30.0. The van der Waals surface area contributed by atoms with E-state index < -0.39 is 16.0 Å². The van der Waals surface area contributed by atoms with Crippen LogP contribution in [0.25, 0.3) is 10.9 Å². The number of hydrogen-bond donors (Lipinski definition) is 2. The Kier molecular flexibility index (Phi) is 11.3. The third kappa shape index (κ3) is 8.24. The van der Waals surface area contributed by atoms with Crippen molar-refractivity contribution in [2.45, 2.75) is 57.7 Å². The van der Waals surface area contributed by atoms with Gasteiger partial charge in [-0.3, -0.25) is 4.90 Å². The summed E-state index contributed by atoms with van der Waals surface area (Å²) in [7, 11) is -3.52. The van der Waals surface area contributed by atoms with Gasteiger partial charge in [-0.1, -0.05) is 72.3 Å². The Labute approximate surface area is 299 Å². The van der Waals surface area contributed by atoms with E-state index in [-0.39, 0.29) is 23.9 Å². The van der Waals surface area contributed by atoms with Crippen LogP contribution < -0.4 is 9.46 Å². The molecule has 0 radical (unpaired) electrons. The molecule has 5 aromatic rings. The number of rotatable bonds is 15. The molecule has 8 nitrogen and oxygen atoms in total. The van der Waals surface area contributed by atoms with Gasteiger partial charge in [-0.2, -0.15) is 0 Å². The number of nitrogens with one attached hydrogen (secondary N) is 1. The summed E-state index contributed by atoms with van der Waals surface area (Å²) in [6.07, 6.45) is 3.15. The first-order valence-corrected chi connectivity index (χ1v) is 19.2. The maximum absolute atomic E-state index is 13.3. The van der Waals surface area contributed by atoms with E-state index in [0.29, 0.717) is 48.8 Å². The lowest BCUT2D eigenvalue weighted by molar-refractivity contribution is 0.0697. The summed E-state index contributed by atoms with van der Waals surface area (Å²) in [5.74, 6) is -0.370. The molecule has 1 saturated heterocycles. The lowest BCUT2D eigenvalue weighted by Crippen LogP contribution is -2.39. The van der Waals surface area contributed by atoms with Gasteiger partial charge in [-0.25, -0.2) is 17.9 Å². The molecule has 0 amide bonds. The van der Waals surface area contributed by atoms with Gasteiger partial charge in [-0.05, 0) is 85.8 Å². The maximum Gasteiger partial charge on any atom is 0.335 e. The molecule has 50 heavy (non-hydrogen) atoms. The van der Waals surface area contributed by atoms with Crippen LogP contribution in [0.15, 0.2) is 103 Å². The van der Waals surface area contributed by atoms with Crippen molar-refractivity contribution in [2.24, 2.45) is 0 Å².